The van der Waals surface area contributed by atoms with Crippen LogP contribution in [0.1, 0.15) is 17.5 Å². The minimum absolute atomic E-state index is 0.00143. The molecule has 1 amide bonds. The Labute approximate surface area is 87.9 Å². The number of hydrogen-bond donors (Lipinski definition) is 0. The van der Waals surface area contributed by atoms with Crippen LogP contribution in [0.2, 0.25) is 0 Å². The molecule has 0 aliphatic carbocycles. The van der Waals surface area contributed by atoms with Crippen molar-refractivity contribution in [3.05, 3.63) is 29.6 Å². The van der Waals surface area contributed by atoms with Crippen molar-refractivity contribution in [1.82, 2.24) is 9.88 Å². The number of carbonyl (C=O) groups excluding carboxylic acids is 2. The Morgan fingerprint density at radius 2 is 2.27 bits per heavy atom. The lowest BCUT2D eigenvalue weighted by molar-refractivity contribution is -0.128. The fraction of sp³-hybridized carbons (Fsp3) is 0.364. The summed E-state index contributed by atoms with van der Waals surface area (Å²) in [5.74, 6) is -0.0789. The number of hydrogen-bond acceptors (Lipinski definition) is 3. The summed E-state index contributed by atoms with van der Waals surface area (Å²) in [6.45, 7) is 2.71. The van der Waals surface area contributed by atoms with E-state index in [-0.39, 0.29) is 24.7 Å². The number of amides is 1. The molecular formula is C11H12N2O2. The first-order valence-electron chi connectivity index (χ1n) is 4.86. The Kier molecular flexibility index (Phi) is 2.49. The van der Waals surface area contributed by atoms with Crippen molar-refractivity contribution in [2.45, 2.75) is 19.9 Å². The van der Waals surface area contributed by atoms with Gasteiger partial charge in [-0.15, -0.1) is 0 Å². The molecule has 0 bridgehead atoms. The van der Waals surface area contributed by atoms with Gasteiger partial charge in [-0.2, -0.15) is 0 Å². The minimum Gasteiger partial charge on any atom is -0.331 e. The molecule has 0 spiro atoms. The number of Topliss-reactive ketones (excluding diaryl/α,β-unsaturated/α-hetero) is 1. The molecular weight excluding hydrogens is 192 g/mol. The highest BCUT2D eigenvalue weighted by molar-refractivity contribution is 6.05. The fourth-order valence-corrected chi connectivity index (χ4v) is 1.65. The largest absolute Gasteiger partial charge is 0.331 e. The van der Waals surface area contributed by atoms with E-state index in [0.717, 1.165) is 11.1 Å². The number of rotatable bonds is 2. The molecule has 1 aliphatic heterocycles. The van der Waals surface area contributed by atoms with Gasteiger partial charge in [0.15, 0.2) is 5.78 Å². The predicted molar refractivity (Wildman–Crippen MR) is 54.0 cm³/mol. The zero-order valence-corrected chi connectivity index (χ0v) is 8.56. The Morgan fingerprint density at radius 1 is 1.47 bits per heavy atom. The molecule has 4 heteroatoms. The average Bonchev–Trinajstić information content (AvgIpc) is 2.49. The van der Waals surface area contributed by atoms with Crippen LogP contribution in [0.3, 0.4) is 0 Å². The van der Waals surface area contributed by atoms with Crippen molar-refractivity contribution in [1.29, 1.82) is 0 Å². The Hall–Kier alpha value is -1.71. The van der Waals surface area contributed by atoms with E-state index in [1.807, 2.05) is 13.0 Å². The maximum atomic E-state index is 11.4. The van der Waals surface area contributed by atoms with Crippen LogP contribution in [0.25, 0.3) is 0 Å². The second-order valence-corrected chi connectivity index (χ2v) is 3.77. The predicted octanol–water partition coefficient (Wildman–Crippen LogP) is 0.691. The van der Waals surface area contributed by atoms with E-state index in [1.54, 1.807) is 17.3 Å². The number of pyridine rings is 1. The van der Waals surface area contributed by atoms with Gasteiger partial charge in [0, 0.05) is 18.9 Å². The van der Waals surface area contributed by atoms with E-state index in [9.17, 15) is 9.59 Å². The number of carbonyl (C=O) groups is 2. The zero-order valence-electron chi connectivity index (χ0n) is 8.56. The van der Waals surface area contributed by atoms with E-state index >= 15 is 0 Å². The average molecular weight is 204 g/mol. The van der Waals surface area contributed by atoms with Crippen LogP contribution < -0.4 is 0 Å². The van der Waals surface area contributed by atoms with Crippen LogP contribution in [0.5, 0.6) is 0 Å². The van der Waals surface area contributed by atoms with Gasteiger partial charge in [0.1, 0.15) is 0 Å². The van der Waals surface area contributed by atoms with Crippen molar-refractivity contribution in [3.63, 3.8) is 0 Å². The van der Waals surface area contributed by atoms with Crippen molar-refractivity contribution in [2.75, 3.05) is 6.54 Å². The Balaban J connectivity index is 2.13. The molecule has 1 fully saturated rings. The molecule has 0 unspecified atom stereocenters. The summed E-state index contributed by atoms with van der Waals surface area (Å²) in [5.41, 5.74) is 2.10. The van der Waals surface area contributed by atoms with Crippen LogP contribution in [0.4, 0.5) is 0 Å². The lowest BCUT2D eigenvalue weighted by Crippen LogP contribution is -2.25. The molecule has 0 aromatic carbocycles. The topological polar surface area (TPSA) is 50.3 Å². The van der Waals surface area contributed by atoms with Crippen LogP contribution in [-0.4, -0.2) is 28.1 Å². The second kappa shape index (κ2) is 3.81. The van der Waals surface area contributed by atoms with Gasteiger partial charge < -0.3 is 4.90 Å². The number of aryl methyl sites for hydroxylation is 1. The van der Waals surface area contributed by atoms with Gasteiger partial charge in [-0.3, -0.25) is 14.6 Å². The summed E-state index contributed by atoms with van der Waals surface area (Å²) < 4.78 is 0. The quantitative estimate of drug-likeness (QED) is 0.666. The monoisotopic (exact) mass is 204 g/mol. The smallest absolute Gasteiger partial charge is 0.230 e. The summed E-state index contributed by atoms with van der Waals surface area (Å²) in [7, 11) is 0. The molecule has 1 aromatic heterocycles. The summed E-state index contributed by atoms with van der Waals surface area (Å²) in [6, 6.07) is 1.90. The second-order valence-electron chi connectivity index (χ2n) is 3.77. The number of aromatic nitrogens is 1. The first-order chi connectivity index (χ1) is 7.16. The molecule has 2 rings (SSSR count). The lowest BCUT2D eigenvalue weighted by atomic mass is 10.1. The van der Waals surface area contributed by atoms with Crippen LogP contribution in [0.15, 0.2) is 18.5 Å². The molecule has 0 N–H and O–H groups in total. The number of likely N-dealkylation sites (tertiary alicyclic amines) is 1. The van der Waals surface area contributed by atoms with E-state index in [4.69, 9.17) is 0 Å². The molecule has 1 aromatic rings. The van der Waals surface area contributed by atoms with E-state index in [1.165, 1.54) is 0 Å². The molecule has 0 saturated carbocycles. The molecule has 1 aliphatic rings. The highest BCUT2D eigenvalue weighted by Crippen LogP contribution is 2.13. The van der Waals surface area contributed by atoms with Gasteiger partial charge in [0.05, 0.1) is 13.0 Å². The Morgan fingerprint density at radius 3 is 2.87 bits per heavy atom. The van der Waals surface area contributed by atoms with Gasteiger partial charge in [0.2, 0.25) is 5.91 Å². The van der Waals surface area contributed by atoms with E-state index in [2.05, 4.69) is 4.98 Å². The molecule has 1 saturated heterocycles. The minimum atomic E-state index is -0.0803. The first kappa shape index (κ1) is 9.83. The van der Waals surface area contributed by atoms with E-state index < -0.39 is 0 Å². The molecule has 4 nitrogen and oxygen atoms in total. The van der Waals surface area contributed by atoms with Crippen LogP contribution >= 0.6 is 0 Å². The van der Waals surface area contributed by atoms with Crippen molar-refractivity contribution >= 4 is 11.7 Å². The van der Waals surface area contributed by atoms with Crippen molar-refractivity contribution < 1.29 is 9.59 Å². The summed E-state index contributed by atoms with van der Waals surface area (Å²) in [4.78, 5) is 28.0. The summed E-state index contributed by atoms with van der Waals surface area (Å²) in [5, 5.41) is 0. The highest BCUT2D eigenvalue weighted by Gasteiger charge is 2.27. The SMILES string of the molecule is Cc1ccncc1CN1CC(=O)CC1=O. The third-order valence-corrected chi connectivity index (χ3v) is 2.58. The maximum absolute atomic E-state index is 11.4. The van der Waals surface area contributed by atoms with Crippen LogP contribution in [-0.2, 0) is 16.1 Å². The lowest BCUT2D eigenvalue weighted by Gasteiger charge is -2.15. The van der Waals surface area contributed by atoms with Gasteiger partial charge in [0.25, 0.3) is 0 Å². The molecule has 0 atom stereocenters. The van der Waals surface area contributed by atoms with Gasteiger partial charge in [-0.25, -0.2) is 0 Å². The highest BCUT2D eigenvalue weighted by atomic mass is 16.2. The normalized spacial score (nSPS) is 16.2. The molecule has 78 valence electrons. The molecule has 2 heterocycles. The van der Waals surface area contributed by atoms with Gasteiger partial charge in [-0.1, -0.05) is 0 Å². The molecule has 0 radical (unpaired) electrons. The fourth-order valence-electron chi connectivity index (χ4n) is 1.65. The number of nitrogens with zero attached hydrogens (tertiary/aromatic N) is 2. The zero-order chi connectivity index (χ0) is 10.8. The van der Waals surface area contributed by atoms with E-state index in [0.29, 0.717) is 6.54 Å². The number of ketones is 1. The summed E-state index contributed by atoms with van der Waals surface area (Å²) in [6.07, 6.45) is 3.51. The van der Waals surface area contributed by atoms with Gasteiger partial charge in [-0.05, 0) is 24.1 Å². The Bertz CT molecular complexity index is 415. The van der Waals surface area contributed by atoms with Crippen LogP contribution in [0, 0.1) is 6.92 Å². The maximum Gasteiger partial charge on any atom is 0.230 e. The van der Waals surface area contributed by atoms with Crippen molar-refractivity contribution in [3.8, 4) is 0 Å². The third kappa shape index (κ3) is 2.03. The molecule has 15 heavy (non-hydrogen) atoms. The third-order valence-electron chi connectivity index (χ3n) is 2.58. The van der Waals surface area contributed by atoms with Crippen molar-refractivity contribution in [2.24, 2.45) is 0 Å². The summed E-state index contributed by atoms with van der Waals surface area (Å²) >= 11 is 0. The van der Waals surface area contributed by atoms with Gasteiger partial charge >= 0.3 is 0 Å². The standard InChI is InChI=1S/C11H12N2O2/c1-8-2-3-12-5-9(8)6-13-7-10(14)4-11(13)15/h2-3,5H,4,6-7H2,1H3. The first-order valence-corrected chi connectivity index (χ1v) is 4.86.